The second kappa shape index (κ2) is 5.64. The maximum atomic E-state index is 11.6. The highest BCUT2D eigenvalue weighted by Gasteiger charge is 2.11. The molecule has 0 bridgehead atoms. The first-order valence-corrected chi connectivity index (χ1v) is 6.48. The molecule has 0 aliphatic heterocycles. The van der Waals surface area contributed by atoms with Gasteiger partial charge in [-0.3, -0.25) is 5.41 Å². The van der Waals surface area contributed by atoms with Crippen molar-refractivity contribution in [2.45, 2.75) is 13.5 Å². The van der Waals surface area contributed by atoms with Crippen LogP contribution in [0.1, 0.15) is 22.2 Å². The number of esters is 1. The third-order valence-corrected chi connectivity index (χ3v) is 3.33. The summed E-state index contributed by atoms with van der Waals surface area (Å²) in [6.45, 7) is 2.71. The quantitative estimate of drug-likeness (QED) is 0.859. The first-order chi connectivity index (χ1) is 8.70. The van der Waals surface area contributed by atoms with Crippen LogP contribution in [0.5, 0.6) is 0 Å². The standard InChI is InChI=1S/C13H14N2O2S/c1-2-17-12(16)11-9-15(13(14)18-11)8-10-6-4-3-5-7-10/h3-7,9,14H,2,8H2,1H3. The minimum Gasteiger partial charge on any atom is -0.462 e. The summed E-state index contributed by atoms with van der Waals surface area (Å²) in [5.74, 6) is -0.359. The number of benzene rings is 1. The maximum Gasteiger partial charge on any atom is 0.349 e. The van der Waals surface area contributed by atoms with Gasteiger partial charge in [-0.1, -0.05) is 41.7 Å². The third-order valence-electron chi connectivity index (χ3n) is 2.41. The molecule has 5 heteroatoms. The largest absolute Gasteiger partial charge is 0.462 e. The van der Waals surface area contributed by atoms with Gasteiger partial charge >= 0.3 is 5.97 Å². The molecule has 1 N–H and O–H groups in total. The van der Waals surface area contributed by atoms with Crippen LogP contribution in [0.3, 0.4) is 0 Å². The number of nitrogens with zero attached hydrogens (tertiary/aromatic N) is 1. The number of rotatable bonds is 4. The zero-order chi connectivity index (χ0) is 13.0. The molecular weight excluding hydrogens is 248 g/mol. The lowest BCUT2D eigenvalue weighted by Crippen LogP contribution is -2.12. The van der Waals surface area contributed by atoms with Crippen molar-refractivity contribution in [1.29, 1.82) is 5.41 Å². The van der Waals surface area contributed by atoms with Gasteiger partial charge in [-0.25, -0.2) is 4.79 Å². The fraction of sp³-hybridized carbons (Fsp3) is 0.231. The van der Waals surface area contributed by atoms with Crippen LogP contribution in [0.25, 0.3) is 0 Å². The van der Waals surface area contributed by atoms with Crippen LogP contribution in [0.15, 0.2) is 36.5 Å². The molecule has 4 nitrogen and oxygen atoms in total. The molecule has 0 aliphatic carbocycles. The fourth-order valence-corrected chi connectivity index (χ4v) is 2.35. The van der Waals surface area contributed by atoms with E-state index < -0.39 is 0 Å². The van der Waals surface area contributed by atoms with Crippen LogP contribution in [0.2, 0.25) is 0 Å². The molecule has 1 aromatic heterocycles. The van der Waals surface area contributed by atoms with Gasteiger partial charge in [0.25, 0.3) is 0 Å². The second-order valence-electron chi connectivity index (χ2n) is 3.73. The summed E-state index contributed by atoms with van der Waals surface area (Å²) in [5.41, 5.74) is 1.10. The molecule has 2 rings (SSSR count). The van der Waals surface area contributed by atoms with Crippen molar-refractivity contribution in [3.63, 3.8) is 0 Å². The van der Waals surface area contributed by atoms with Crippen molar-refractivity contribution in [3.8, 4) is 0 Å². The lowest BCUT2D eigenvalue weighted by Gasteiger charge is -2.01. The Bertz CT molecular complexity index is 587. The van der Waals surface area contributed by atoms with Gasteiger partial charge in [0, 0.05) is 12.7 Å². The van der Waals surface area contributed by atoms with E-state index in [2.05, 4.69) is 0 Å². The summed E-state index contributed by atoms with van der Waals surface area (Å²) in [4.78, 5) is 12.4. The Morgan fingerprint density at radius 3 is 2.78 bits per heavy atom. The van der Waals surface area contributed by atoms with Gasteiger partial charge < -0.3 is 9.30 Å². The lowest BCUT2D eigenvalue weighted by atomic mass is 10.2. The summed E-state index contributed by atoms with van der Waals surface area (Å²) in [6.07, 6.45) is 1.68. The van der Waals surface area contributed by atoms with E-state index in [1.165, 1.54) is 0 Å². The number of thiazole rings is 1. The molecule has 0 amide bonds. The van der Waals surface area contributed by atoms with Gasteiger partial charge in [-0.05, 0) is 12.5 Å². The molecule has 0 aliphatic rings. The summed E-state index contributed by atoms with van der Waals surface area (Å²) in [7, 11) is 0. The molecule has 1 heterocycles. The average Bonchev–Trinajstić information content (AvgIpc) is 2.73. The summed E-state index contributed by atoms with van der Waals surface area (Å²) >= 11 is 1.14. The number of aromatic nitrogens is 1. The normalized spacial score (nSPS) is 10.3. The monoisotopic (exact) mass is 262 g/mol. The maximum absolute atomic E-state index is 11.6. The zero-order valence-corrected chi connectivity index (χ0v) is 10.9. The fourth-order valence-electron chi connectivity index (χ4n) is 1.58. The highest BCUT2D eigenvalue weighted by molar-refractivity contribution is 7.11. The van der Waals surface area contributed by atoms with Crippen LogP contribution in [0.4, 0.5) is 0 Å². The summed E-state index contributed by atoms with van der Waals surface area (Å²) in [6, 6.07) is 9.85. The third kappa shape index (κ3) is 2.87. The highest BCUT2D eigenvalue weighted by Crippen LogP contribution is 2.08. The molecule has 0 saturated carbocycles. The van der Waals surface area contributed by atoms with E-state index in [9.17, 15) is 4.79 Å². The van der Waals surface area contributed by atoms with Gasteiger partial charge in [0.1, 0.15) is 4.88 Å². The first kappa shape index (κ1) is 12.6. The topological polar surface area (TPSA) is 55.1 Å². The Balaban J connectivity index is 2.20. The number of nitrogens with one attached hydrogen (secondary N) is 1. The molecule has 0 saturated heterocycles. The van der Waals surface area contributed by atoms with E-state index in [1.807, 2.05) is 30.3 Å². The number of carbonyl (C=O) groups is 1. The van der Waals surface area contributed by atoms with Gasteiger partial charge in [-0.2, -0.15) is 0 Å². The first-order valence-electron chi connectivity index (χ1n) is 5.66. The predicted molar refractivity (Wildman–Crippen MR) is 69.7 cm³/mol. The van der Waals surface area contributed by atoms with Crippen molar-refractivity contribution in [2.24, 2.45) is 0 Å². The van der Waals surface area contributed by atoms with Crippen molar-refractivity contribution in [1.82, 2.24) is 4.57 Å². The van der Waals surface area contributed by atoms with Crippen LogP contribution in [-0.2, 0) is 11.3 Å². The molecule has 0 fully saturated rings. The molecule has 0 unspecified atom stereocenters. The van der Waals surface area contributed by atoms with Gasteiger partial charge in [0.15, 0.2) is 4.80 Å². The van der Waals surface area contributed by atoms with E-state index >= 15 is 0 Å². The zero-order valence-electron chi connectivity index (χ0n) is 10.1. The van der Waals surface area contributed by atoms with Crippen LogP contribution < -0.4 is 4.80 Å². The molecule has 1 aromatic carbocycles. The number of hydrogen-bond acceptors (Lipinski definition) is 4. The second-order valence-corrected chi connectivity index (χ2v) is 4.77. The van der Waals surface area contributed by atoms with Gasteiger partial charge in [-0.15, -0.1) is 0 Å². The Kier molecular flexibility index (Phi) is 3.94. The van der Waals surface area contributed by atoms with Gasteiger partial charge in [0.2, 0.25) is 0 Å². The van der Waals surface area contributed by atoms with E-state index in [0.717, 1.165) is 16.9 Å². The van der Waals surface area contributed by atoms with E-state index in [4.69, 9.17) is 10.1 Å². The Morgan fingerprint density at radius 2 is 2.11 bits per heavy atom. The number of carbonyl (C=O) groups excluding carboxylic acids is 1. The number of hydrogen-bond donors (Lipinski definition) is 1. The molecule has 18 heavy (non-hydrogen) atoms. The van der Waals surface area contributed by atoms with E-state index in [1.54, 1.807) is 17.7 Å². The van der Waals surface area contributed by atoms with Crippen molar-refractivity contribution in [3.05, 3.63) is 51.8 Å². The average molecular weight is 262 g/mol. The molecular formula is C13H14N2O2S. The van der Waals surface area contributed by atoms with Crippen molar-refractivity contribution < 1.29 is 9.53 Å². The molecule has 94 valence electrons. The van der Waals surface area contributed by atoms with Crippen molar-refractivity contribution >= 4 is 17.3 Å². The summed E-state index contributed by atoms with van der Waals surface area (Å²) < 4.78 is 6.66. The smallest absolute Gasteiger partial charge is 0.349 e. The molecule has 0 atom stereocenters. The minimum absolute atomic E-state index is 0.349. The van der Waals surface area contributed by atoms with Crippen molar-refractivity contribution in [2.75, 3.05) is 6.61 Å². The van der Waals surface area contributed by atoms with Gasteiger partial charge in [0.05, 0.1) is 6.61 Å². The SMILES string of the molecule is CCOC(=O)c1cn(Cc2ccccc2)c(=N)s1. The highest BCUT2D eigenvalue weighted by atomic mass is 32.1. The molecule has 0 spiro atoms. The Morgan fingerprint density at radius 1 is 1.39 bits per heavy atom. The van der Waals surface area contributed by atoms with Crippen LogP contribution in [0, 0.1) is 5.41 Å². The Labute approximate surface area is 109 Å². The lowest BCUT2D eigenvalue weighted by molar-refractivity contribution is 0.0531. The Hall–Kier alpha value is -1.88. The predicted octanol–water partition coefficient (Wildman–Crippen LogP) is 2.25. The minimum atomic E-state index is -0.359. The summed E-state index contributed by atoms with van der Waals surface area (Å²) in [5, 5.41) is 7.84. The molecule has 0 radical (unpaired) electrons. The van der Waals surface area contributed by atoms with E-state index in [0.29, 0.717) is 22.8 Å². The number of ether oxygens (including phenoxy) is 1. The van der Waals surface area contributed by atoms with Crippen LogP contribution >= 0.6 is 11.3 Å². The van der Waals surface area contributed by atoms with Crippen LogP contribution in [-0.4, -0.2) is 17.1 Å². The molecule has 2 aromatic rings. The van der Waals surface area contributed by atoms with E-state index in [-0.39, 0.29) is 5.97 Å².